The van der Waals surface area contributed by atoms with E-state index in [9.17, 15) is 9.59 Å². The molecule has 0 saturated carbocycles. The van der Waals surface area contributed by atoms with Crippen LogP contribution in [0.15, 0.2) is 39.1 Å². The van der Waals surface area contributed by atoms with Gasteiger partial charge in [-0.15, -0.1) is 0 Å². The van der Waals surface area contributed by atoms with E-state index >= 15 is 0 Å². The minimum absolute atomic E-state index is 0.117. The SMILES string of the molecule is Cc1ccc2cc(/C=C(\C#N)C(N)=O)c(=O)oc2c1. The first-order valence-electron chi connectivity index (χ1n) is 5.47. The lowest BCUT2D eigenvalue weighted by Gasteiger charge is -2.00. The average molecular weight is 254 g/mol. The van der Waals surface area contributed by atoms with Crippen molar-refractivity contribution in [3.63, 3.8) is 0 Å². The van der Waals surface area contributed by atoms with Gasteiger partial charge in [0, 0.05) is 5.39 Å². The molecule has 0 unspecified atom stereocenters. The highest BCUT2D eigenvalue weighted by molar-refractivity contribution is 6.00. The van der Waals surface area contributed by atoms with Gasteiger partial charge >= 0.3 is 5.63 Å². The fourth-order valence-corrected chi connectivity index (χ4v) is 1.65. The van der Waals surface area contributed by atoms with Crippen molar-refractivity contribution in [3.05, 3.63) is 51.4 Å². The lowest BCUT2D eigenvalue weighted by atomic mass is 10.1. The van der Waals surface area contributed by atoms with Gasteiger partial charge in [0.2, 0.25) is 0 Å². The normalized spacial score (nSPS) is 11.3. The van der Waals surface area contributed by atoms with Gasteiger partial charge in [-0.3, -0.25) is 4.79 Å². The predicted molar refractivity (Wildman–Crippen MR) is 70.0 cm³/mol. The van der Waals surface area contributed by atoms with Gasteiger partial charge in [-0.05, 0) is 30.7 Å². The molecule has 1 heterocycles. The molecule has 0 atom stereocenters. The van der Waals surface area contributed by atoms with Crippen LogP contribution in [0, 0.1) is 18.3 Å². The number of amides is 1. The van der Waals surface area contributed by atoms with Crippen LogP contribution in [0.1, 0.15) is 11.1 Å². The number of carbonyl (C=O) groups is 1. The highest BCUT2D eigenvalue weighted by Gasteiger charge is 2.08. The maximum Gasteiger partial charge on any atom is 0.343 e. The number of hydrogen-bond donors (Lipinski definition) is 1. The van der Waals surface area contributed by atoms with Crippen molar-refractivity contribution < 1.29 is 9.21 Å². The van der Waals surface area contributed by atoms with Crippen LogP contribution in [-0.4, -0.2) is 5.91 Å². The van der Waals surface area contributed by atoms with E-state index in [1.54, 1.807) is 24.3 Å². The zero-order valence-corrected chi connectivity index (χ0v) is 10.1. The van der Waals surface area contributed by atoms with Gasteiger partial charge < -0.3 is 10.2 Å². The van der Waals surface area contributed by atoms with Crippen molar-refractivity contribution in [2.45, 2.75) is 6.92 Å². The first-order chi connectivity index (χ1) is 9.01. The zero-order chi connectivity index (χ0) is 14.0. The molecular weight excluding hydrogens is 244 g/mol. The van der Waals surface area contributed by atoms with E-state index in [1.807, 2.05) is 13.0 Å². The van der Waals surface area contributed by atoms with Crippen molar-refractivity contribution in [2.24, 2.45) is 5.73 Å². The second-order valence-corrected chi connectivity index (χ2v) is 4.06. The highest BCUT2D eigenvalue weighted by Crippen LogP contribution is 2.16. The monoisotopic (exact) mass is 254 g/mol. The van der Waals surface area contributed by atoms with Gasteiger partial charge in [0.1, 0.15) is 17.2 Å². The minimum atomic E-state index is -0.883. The molecule has 2 rings (SSSR count). The Labute approximate surface area is 108 Å². The lowest BCUT2D eigenvalue weighted by molar-refractivity contribution is -0.114. The van der Waals surface area contributed by atoms with Crippen LogP contribution in [0.25, 0.3) is 17.0 Å². The molecule has 0 aliphatic heterocycles. The smallest absolute Gasteiger partial charge is 0.343 e. The third-order valence-electron chi connectivity index (χ3n) is 2.60. The lowest BCUT2D eigenvalue weighted by Crippen LogP contribution is -2.13. The van der Waals surface area contributed by atoms with Crippen LogP contribution < -0.4 is 11.4 Å². The topological polar surface area (TPSA) is 97.1 Å². The van der Waals surface area contributed by atoms with Gasteiger partial charge in [0.15, 0.2) is 0 Å². The molecule has 0 spiro atoms. The van der Waals surface area contributed by atoms with E-state index in [0.29, 0.717) is 11.0 Å². The first-order valence-corrected chi connectivity index (χ1v) is 5.47. The number of aryl methyl sites for hydroxylation is 1. The van der Waals surface area contributed by atoms with E-state index in [1.165, 1.54) is 0 Å². The Kier molecular flexibility index (Phi) is 3.17. The summed E-state index contributed by atoms with van der Waals surface area (Å²) in [7, 11) is 0. The van der Waals surface area contributed by atoms with Gasteiger partial charge in [-0.25, -0.2) is 4.79 Å². The Morgan fingerprint density at radius 1 is 1.42 bits per heavy atom. The van der Waals surface area contributed by atoms with Crippen LogP contribution in [0.3, 0.4) is 0 Å². The third kappa shape index (κ3) is 2.53. The molecule has 0 radical (unpaired) electrons. The minimum Gasteiger partial charge on any atom is -0.422 e. The van der Waals surface area contributed by atoms with Crippen molar-refractivity contribution in [3.8, 4) is 6.07 Å². The Morgan fingerprint density at radius 2 is 2.16 bits per heavy atom. The summed E-state index contributed by atoms with van der Waals surface area (Å²) >= 11 is 0. The average Bonchev–Trinajstić information content (AvgIpc) is 2.35. The molecule has 0 fully saturated rings. The fourth-order valence-electron chi connectivity index (χ4n) is 1.65. The maximum absolute atomic E-state index is 11.7. The molecule has 94 valence electrons. The fraction of sp³-hybridized carbons (Fsp3) is 0.0714. The second kappa shape index (κ2) is 4.78. The van der Waals surface area contributed by atoms with E-state index in [0.717, 1.165) is 11.6 Å². The largest absolute Gasteiger partial charge is 0.422 e. The van der Waals surface area contributed by atoms with E-state index in [4.69, 9.17) is 15.4 Å². The maximum atomic E-state index is 11.7. The number of hydrogen-bond acceptors (Lipinski definition) is 4. The Morgan fingerprint density at radius 3 is 2.79 bits per heavy atom. The quantitative estimate of drug-likeness (QED) is 0.498. The van der Waals surface area contributed by atoms with Gasteiger partial charge in [0.25, 0.3) is 5.91 Å². The van der Waals surface area contributed by atoms with E-state index in [2.05, 4.69) is 0 Å². The number of nitriles is 1. The summed E-state index contributed by atoms with van der Waals surface area (Å²) in [6.07, 6.45) is 1.13. The number of carbonyl (C=O) groups excluding carboxylic acids is 1. The molecule has 5 heteroatoms. The summed E-state index contributed by atoms with van der Waals surface area (Å²) < 4.78 is 5.14. The molecule has 0 aliphatic carbocycles. The van der Waals surface area contributed by atoms with Crippen LogP contribution >= 0.6 is 0 Å². The van der Waals surface area contributed by atoms with E-state index in [-0.39, 0.29) is 11.1 Å². The van der Waals surface area contributed by atoms with Crippen molar-refractivity contribution in [1.82, 2.24) is 0 Å². The van der Waals surface area contributed by atoms with Crippen LogP contribution in [0.4, 0.5) is 0 Å². The molecule has 5 nitrogen and oxygen atoms in total. The number of nitrogens with two attached hydrogens (primary N) is 1. The summed E-state index contributed by atoms with van der Waals surface area (Å²) in [6, 6.07) is 8.60. The highest BCUT2D eigenvalue weighted by atomic mass is 16.4. The molecule has 0 bridgehead atoms. The third-order valence-corrected chi connectivity index (χ3v) is 2.60. The van der Waals surface area contributed by atoms with Crippen molar-refractivity contribution in [1.29, 1.82) is 5.26 Å². The summed E-state index contributed by atoms with van der Waals surface area (Å²) in [5.41, 5.74) is 5.65. The Bertz CT molecular complexity index is 794. The molecule has 19 heavy (non-hydrogen) atoms. The molecule has 1 aromatic heterocycles. The number of benzene rings is 1. The van der Waals surface area contributed by atoms with Crippen LogP contribution in [-0.2, 0) is 4.79 Å². The van der Waals surface area contributed by atoms with Crippen molar-refractivity contribution in [2.75, 3.05) is 0 Å². The number of fused-ring (bicyclic) bond motifs is 1. The zero-order valence-electron chi connectivity index (χ0n) is 10.1. The molecule has 1 aromatic carbocycles. The van der Waals surface area contributed by atoms with Crippen molar-refractivity contribution >= 4 is 23.0 Å². The number of rotatable bonds is 2. The number of primary amides is 1. The Balaban J connectivity index is 2.67. The van der Waals surface area contributed by atoms with Gasteiger partial charge in [0.05, 0.1) is 5.56 Å². The first kappa shape index (κ1) is 12.6. The standard InChI is InChI=1S/C14H10N2O3/c1-8-2-3-9-5-10(6-11(7-15)13(16)17)14(18)19-12(9)4-8/h2-6H,1H3,(H2,16,17)/b11-6+. The molecule has 0 aliphatic rings. The predicted octanol–water partition coefficient (Wildman–Crippen LogP) is 1.49. The van der Waals surface area contributed by atoms with Crippen LogP contribution in [0.2, 0.25) is 0 Å². The number of nitrogens with zero attached hydrogens (tertiary/aromatic N) is 1. The molecule has 2 aromatic rings. The van der Waals surface area contributed by atoms with E-state index < -0.39 is 11.5 Å². The second-order valence-electron chi connectivity index (χ2n) is 4.06. The summed E-state index contributed by atoms with van der Waals surface area (Å²) in [5.74, 6) is -0.883. The molecular formula is C14H10N2O3. The summed E-state index contributed by atoms with van der Waals surface area (Å²) in [6.45, 7) is 1.88. The van der Waals surface area contributed by atoms with Gasteiger partial charge in [-0.1, -0.05) is 12.1 Å². The Hall–Kier alpha value is -2.87. The molecule has 2 N–H and O–H groups in total. The van der Waals surface area contributed by atoms with Crippen LogP contribution in [0.5, 0.6) is 0 Å². The molecule has 0 saturated heterocycles. The summed E-state index contributed by atoms with van der Waals surface area (Å²) in [5, 5.41) is 9.45. The summed E-state index contributed by atoms with van der Waals surface area (Å²) in [4.78, 5) is 22.7. The van der Waals surface area contributed by atoms with Gasteiger partial charge in [-0.2, -0.15) is 5.26 Å². The molecule has 1 amide bonds.